The molecule has 0 amide bonds. The summed E-state index contributed by atoms with van der Waals surface area (Å²) in [6, 6.07) is 5.61. The van der Waals surface area contributed by atoms with E-state index in [-0.39, 0.29) is 5.04 Å². The molecule has 0 spiro atoms. The van der Waals surface area contributed by atoms with Crippen LogP contribution in [0.1, 0.15) is 40.3 Å². The zero-order valence-corrected chi connectivity index (χ0v) is 12.2. The van der Waals surface area contributed by atoms with E-state index < -0.39 is 5.60 Å². The van der Waals surface area contributed by atoms with Gasteiger partial charge in [-0.2, -0.15) is 0 Å². The van der Waals surface area contributed by atoms with E-state index in [1.54, 1.807) is 6.07 Å². The Hall–Kier alpha value is -0.383. The third-order valence-corrected chi connectivity index (χ3v) is 3.38. The second-order valence-electron chi connectivity index (χ2n) is 5.31. The monoisotopic (exact) mass is 255 g/mol. The third-order valence-electron chi connectivity index (χ3n) is 1.94. The molecule has 0 atom stereocenters. The van der Waals surface area contributed by atoms with Gasteiger partial charge in [0.2, 0.25) is 9.76 Å². The Bertz CT molecular complexity index is 360. The fourth-order valence-corrected chi connectivity index (χ4v) is 1.91. The van der Waals surface area contributed by atoms with Gasteiger partial charge < -0.3 is 4.43 Å². The van der Waals surface area contributed by atoms with Crippen molar-refractivity contribution in [1.29, 1.82) is 0 Å². The van der Waals surface area contributed by atoms with Crippen LogP contribution in [0.25, 0.3) is 0 Å². The zero-order valence-electron chi connectivity index (χ0n) is 10.5. The first-order valence-corrected chi connectivity index (χ1v) is 6.57. The SMILES string of the molecule is CC(C)(C)[Si]OC(C)(C)c1cccc(Cl)n1. The Balaban J connectivity index is 2.77. The number of hydrogen-bond donors (Lipinski definition) is 0. The second-order valence-corrected chi connectivity index (χ2v) is 7.61. The van der Waals surface area contributed by atoms with Crippen LogP contribution in [-0.2, 0) is 10.0 Å². The number of aromatic nitrogens is 1. The molecule has 0 unspecified atom stereocenters. The van der Waals surface area contributed by atoms with E-state index >= 15 is 0 Å². The van der Waals surface area contributed by atoms with E-state index in [0.29, 0.717) is 14.9 Å². The predicted molar refractivity (Wildman–Crippen MR) is 68.8 cm³/mol. The van der Waals surface area contributed by atoms with Gasteiger partial charge in [-0.1, -0.05) is 38.4 Å². The minimum atomic E-state index is -0.392. The van der Waals surface area contributed by atoms with Gasteiger partial charge in [-0.3, -0.25) is 0 Å². The Morgan fingerprint density at radius 2 is 1.81 bits per heavy atom. The van der Waals surface area contributed by atoms with Crippen LogP contribution in [0.15, 0.2) is 18.2 Å². The van der Waals surface area contributed by atoms with Crippen LogP contribution in [0.4, 0.5) is 0 Å². The van der Waals surface area contributed by atoms with Gasteiger partial charge in [0.1, 0.15) is 5.15 Å². The molecule has 4 heteroatoms. The molecule has 0 aliphatic carbocycles. The summed E-state index contributed by atoms with van der Waals surface area (Å²) in [6.45, 7) is 10.5. The van der Waals surface area contributed by atoms with Crippen molar-refractivity contribution in [2.24, 2.45) is 0 Å². The lowest BCUT2D eigenvalue weighted by Crippen LogP contribution is -2.28. The first-order valence-electron chi connectivity index (χ1n) is 5.29. The number of rotatable bonds is 3. The van der Waals surface area contributed by atoms with Gasteiger partial charge in [-0.25, -0.2) is 4.98 Å². The van der Waals surface area contributed by atoms with Gasteiger partial charge in [0, 0.05) is 0 Å². The van der Waals surface area contributed by atoms with Crippen molar-refractivity contribution < 1.29 is 4.43 Å². The van der Waals surface area contributed by atoms with Crippen molar-refractivity contribution in [1.82, 2.24) is 4.98 Å². The smallest absolute Gasteiger partial charge is 0.237 e. The molecule has 0 aliphatic heterocycles. The van der Waals surface area contributed by atoms with Crippen LogP contribution in [0.2, 0.25) is 10.2 Å². The number of nitrogens with zero attached hydrogens (tertiary/aromatic N) is 1. The summed E-state index contributed by atoms with van der Waals surface area (Å²) in [5.74, 6) is 0. The fourth-order valence-electron chi connectivity index (χ4n) is 1.08. The molecule has 1 rings (SSSR count). The number of hydrogen-bond acceptors (Lipinski definition) is 2. The maximum Gasteiger partial charge on any atom is 0.237 e. The van der Waals surface area contributed by atoms with Crippen molar-refractivity contribution in [3.05, 3.63) is 29.0 Å². The molecular weight excluding hydrogens is 238 g/mol. The normalized spacial score (nSPS) is 12.9. The minimum Gasteiger partial charge on any atom is -0.406 e. The van der Waals surface area contributed by atoms with Crippen LogP contribution in [0.5, 0.6) is 0 Å². The van der Waals surface area contributed by atoms with Crippen molar-refractivity contribution in [3.8, 4) is 0 Å². The van der Waals surface area contributed by atoms with Crippen LogP contribution in [0, 0.1) is 0 Å². The summed E-state index contributed by atoms with van der Waals surface area (Å²) in [5.41, 5.74) is 0.480. The van der Waals surface area contributed by atoms with Gasteiger partial charge in [0.05, 0.1) is 11.3 Å². The summed E-state index contributed by atoms with van der Waals surface area (Å²) in [6.07, 6.45) is 0. The standard InChI is InChI=1S/C12H18ClNOSi/c1-11(2,3)16-15-12(4,5)9-7-6-8-10(13)14-9/h6-8H,1-5H3. The van der Waals surface area contributed by atoms with E-state index in [4.69, 9.17) is 16.0 Å². The molecule has 1 aromatic heterocycles. The molecular formula is C12H18ClNOSi. The van der Waals surface area contributed by atoms with Gasteiger partial charge in [0.25, 0.3) is 0 Å². The highest BCUT2D eigenvalue weighted by molar-refractivity contribution is 6.31. The van der Waals surface area contributed by atoms with Gasteiger partial charge >= 0.3 is 0 Å². The van der Waals surface area contributed by atoms with Crippen LogP contribution < -0.4 is 0 Å². The maximum absolute atomic E-state index is 5.94. The Morgan fingerprint density at radius 3 is 2.31 bits per heavy atom. The summed E-state index contributed by atoms with van der Waals surface area (Å²) in [4.78, 5) is 4.29. The molecule has 0 bridgehead atoms. The average Bonchev–Trinajstić information content (AvgIpc) is 2.14. The average molecular weight is 256 g/mol. The largest absolute Gasteiger partial charge is 0.406 e. The van der Waals surface area contributed by atoms with Crippen LogP contribution in [0.3, 0.4) is 0 Å². The molecule has 0 saturated carbocycles. The van der Waals surface area contributed by atoms with E-state index in [0.717, 1.165) is 5.69 Å². The Kier molecular flexibility index (Phi) is 4.15. The molecule has 0 aliphatic rings. The first-order chi connectivity index (χ1) is 7.21. The Morgan fingerprint density at radius 1 is 1.19 bits per heavy atom. The summed E-state index contributed by atoms with van der Waals surface area (Å²) in [5, 5.41) is 0.684. The Labute approximate surface area is 105 Å². The topological polar surface area (TPSA) is 22.1 Å². The van der Waals surface area contributed by atoms with Gasteiger partial charge in [-0.05, 0) is 31.0 Å². The van der Waals surface area contributed by atoms with Gasteiger partial charge in [0.15, 0.2) is 0 Å². The minimum absolute atomic E-state index is 0.176. The quantitative estimate of drug-likeness (QED) is 0.605. The number of pyridine rings is 1. The number of halogens is 1. The maximum atomic E-state index is 5.94. The zero-order chi connectivity index (χ0) is 12.4. The summed E-state index contributed by atoms with van der Waals surface area (Å²) >= 11 is 5.88. The van der Waals surface area contributed by atoms with E-state index in [1.165, 1.54) is 0 Å². The van der Waals surface area contributed by atoms with E-state index in [9.17, 15) is 0 Å². The molecule has 0 N–H and O–H groups in total. The highest BCUT2D eigenvalue weighted by Crippen LogP contribution is 2.28. The summed E-state index contributed by atoms with van der Waals surface area (Å²) in [7, 11) is 0.432. The fraction of sp³-hybridized carbons (Fsp3) is 0.583. The molecule has 1 heterocycles. The lowest BCUT2D eigenvalue weighted by molar-refractivity contribution is 0.104. The van der Waals surface area contributed by atoms with Crippen molar-refractivity contribution >= 4 is 21.4 Å². The second kappa shape index (κ2) is 4.86. The molecule has 2 radical (unpaired) electrons. The van der Waals surface area contributed by atoms with Gasteiger partial charge in [-0.15, -0.1) is 0 Å². The first kappa shape index (κ1) is 13.7. The van der Waals surface area contributed by atoms with Crippen molar-refractivity contribution in [3.63, 3.8) is 0 Å². The third kappa shape index (κ3) is 4.24. The molecule has 0 fully saturated rings. The van der Waals surface area contributed by atoms with Crippen molar-refractivity contribution in [2.45, 2.75) is 45.3 Å². The van der Waals surface area contributed by atoms with Crippen LogP contribution >= 0.6 is 11.6 Å². The molecule has 0 aromatic carbocycles. The molecule has 2 nitrogen and oxygen atoms in total. The lowest BCUT2D eigenvalue weighted by Gasteiger charge is -2.28. The van der Waals surface area contributed by atoms with Crippen LogP contribution in [-0.4, -0.2) is 14.7 Å². The summed E-state index contributed by atoms with van der Waals surface area (Å²) < 4.78 is 5.94. The van der Waals surface area contributed by atoms with Crippen molar-refractivity contribution in [2.75, 3.05) is 0 Å². The molecule has 16 heavy (non-hydrogen) atoms. The molecule has 1 aromatic rings. The predicted octanol–water partition coefficient (Wildman–Crippen LogP) is 3.82. The van der Waals surface area contributed by atoms with E-state index in [1.807, 2.05) is 26.0 Å². The highest BCUT2D eigenvalue weighted by atomic mass is 35.5. The van der Waals surface area contributed by atoms with E-state index in [2.05, 4.69) is 25.8 Å². The molecule has 0 saturated heterocycles. The highest BCUT2D eigenvalue weighted by Gasteiger charge is 2.26. The molecule has 88 valence electrons. The lowest BCUT2D eigenvalue weighted by atomic mass is 10.1.